The highest BCUT2D eigenvalue weighted by atomic mass is 32.1. The molecule has 34 heavy (non-hydrogen) atoms. The molecule has 1 saturated heterocycles. The minimum absolute atomic E-state index is 0.0253. The number of likely N-dealkylation sites (tertiary alicyclic amines) is 1. The quantitative estimate of drug-likeness (QED) is 0.656. The normalized spacial score (nSPS) is 20.2. The maximum absolute atomic E-state index is 13.5. The van der Waals surface area contributed by atoms with Crippen molar-refractivity contribution in [2.45, 2.75) is 57.2 Å². The number of ether oxygens (including phenoxy) is 1. The summed E-state index contributed by atoms with van der Waals surface area (Å²) in [7, 11) is 1.53. The Kier molecular flexibility index (Phi) is 6.40. The summed E-state index contributed by atoms with van der Waals surface area (Å²) in [6.45, 7) is 2.84. The van der Waals surface area contributed by atoms with E-state index in [0.29, 0.717) is 53.7 Å². The molecule has 2 aliphatic rings. The van der Waals surface area contributed by atoms with E-state index < -0.39 is 23.5 Å². The van der Waals surface area contributed by atoms with E-state index >= 15 is 0 Å². The molecule has 0 aromatic carbocycles. The Hall–Kier alpha value is -2.60. The monoisotopic (exact) mass is 497 g/mol. The lowest BCUT2D eigenvalue weighted by Gasteiger charge is -2.27. The number of nitrogens with zero attached hydrogens (tertiary/aromatic N) is 4. The van der Waals surface area contributed by atoms with Crippen LogP contribution in [-0.2, 0) is 39.0 Å². The number of amides is 2. The van der Waals surface area contributed by atoms with Gasteiger partial charge in [-0.2, -0.15) is 13.2 Å². The van der Waals surface area contributed by atoms with Crippen molar-refractivity contribution in [1.29, 1.82) is 0 Å². The number of nitrogens with two attached hydrogens (primary N) is 1. The molecule has 8 nitrogen and oxygen atoms in total. The van der Waals surface area contributed by atoms with Crippen LogP contribution >= 0.6 is 11.3 Å². The number of halogens is 3. The van der Waals surface area contributed by atoms with Crippen molar-refractivity contribution in [2.24, 2.45) is 11.7 Å². The third kappa shape index (κ3) is 4.28. The van der Waals surface area contributed by atoms with Crippen LogP contribution in [-0.4, -0.2) is 64.1 Å². The predicted molar refractivity (Wildman–Crippen MR) is 118 cm³/mol. The van der Waals surface area contributed by atoms with Crippen LogP contribution in [0.2, 0.25) is 0 Å². The average Bonchev–Trinajstić information content (AvgIpc) is 3.36. The molecule has 2 amide bonds. The number of primary amides is 1. The third-order valence-corrected chi connectivity index (χ3v) is 7.64. The predicted octanol–water partition coefficient (Wildman–Crippen LogP) is 2.43. The summed E-state index contributed by atoms with van der Waals surface area (Å²) in [6.07, 6.45) is -1.32. The van der Waals surface area contributed by atoms with E-state index in [2.05, 4.69) is 15.0 Å². The summed E-state index contributed by atoms with van der Waals surface area (Å²) in [5, 5.41) is 0.525. The number of carbonyl (C=O) groups is 2. The zero-order valence-electron chi connectivity index (χ0n) is 19.1. The van der Waals surface area contributed by atoms with E-state index in [1.54, 1.807) is 0 Å². The molecule has 12 heteroatoms. The lowest BCUT2D eigenvalue weighted by Crippen LogP contribution is -2.47. The summed E-state index contributed by atoms with van der Waals surface area (Å²) in [5.41, 5.74) is 5.25. The van der Waals surface area contributed by atoms with Crippen LogP contribution in [0, 0.1) is 5.92 Å². The van der Waals surface area contributed by atoms with E-state index in [1.165, 1.54) is 29.5 Å². The molecule has 1 fully saturated rings. The zero-order valence-corrected chi connectivity index (χ0v) is 19.9. The van der Waals surface area contributed by atoms with Crippen LogP contribution in [0.25, 0.3) is 10.6 Å². The first-order valence-electron chi connectivity index (χ1n) is 10.9. The minimum Gasteiger partial charge on any atom is -0.384 e. The first-order chi connectivity index (χ1) is 15.9. The van der Waals surface area contributed by atoms with E-state index in [-0.39, 0.29) is 24.1 Å². The van der Waals surface area contributed by atoms with Gasteiger partial charge in [0.1, 0.15) is 22.3 Å². The van der Waals surface area contributed by atoms with Gasteiger partial charge in [-0.3, -0.25) is 9.59 Å². The summed E-state index contributed by atoms with van der Waals surface area (Å²) in [6, 6.07) is -0.734. The first kappa shape index (κ1) is 24.5. The van der Waals surface area contributed by atoms with Gasteiger partial charge in [-0.15, -0.1) is 11.3 Å². The van der Waals surface area contributed by atoms with Crippen molar-refractivity contribution < 1.29 is 27.5 Å². The van der Waals surface area contributed by atoms with Crippen molar-refractivity contribution in [1.82, 2.24) is 19.9 Å². The SMILES string of the molecule is COC[C@@H]1CCN(C(=O)Cc2nc3c(s2)-c2nc(C(C)(C)C(F)(F)F)ncc2CC3)[C@@H]1C(N)=O. The number of methoxy groups -OCH3 is 1. The molecule has 3 heterocycles. The number of fused-ring (bicyclic) bond motifs is 3. The molecular weight excluding hydrogens is 471 g/mol. The molecule has 184 valence electrons. The Balaban J connectivity index is 1.59. The second kappa shape index (κ2) is 8.88. The third-order valence-electron chi connectivity index (χ3n) is 6.54. The van der Waals surface area contributed by atoms with Crippen molar-refractivity contribution in [3.8, 4) is 10.6 Å². The number of thiazole rings is 1. The average molecular weight is 498 g/mol. The number of aryl methyl sites for hydroxylation is 2. The number of hydrogen-bond acceptors (Lipinski definition) is 7. The Bertz CT molecular complexity index is 1120. The van der Waals surface area contributed by atoms with Gasteiger partial charge >= 0.3 is 6.18 Å². The van der Waals surface area contributed by atoms with Crippen molar-refractivity contribution in [3.05, 3.63) is 28.3 Å². The smallest absolute Gasteiger partial charge is 0.384 e. The van der Waals surface area contributed by atoms with E-state index in [1.807, 2.05) is 0 Å². The van der Waals surface area contributed by atoms with E-state index in [9.17, 15) is 22.8 Å². The Morgan fingerprint density at radius 2 is 2.00 bits per heavy atom. The Morgan fingerprint density at radius 3 is 2.65 bits per heavy atom. The molecule has 0 unspecified atom stereocenters. The van der Waals surface area contributed by atoms with Crippen LogP contribution in [0.1, 0.15) is 42.4 Å². The summed E-state index contributed by atoms with van der Waals surface area (Å²) < 4.78 is 45.8. The molecule has 0 bridgehead atoms. The van der Waals surface area contributed by atoms with Gasteiger partial charge in [0.15, 0.2) is 0 Å². The molecule has 1 aliphatic heterocycles. The fourth-order valence-corrected chi connectivity index (χ4v) is 5.57. The number of carbonyl (C=O) groups excluding carboxylic acids is 2. The first-order valence-corrected chi connectivity index (χ1v) is 11.8. The van der Waals surface area contributed by atoms with Gasteiger partial charge in [0, 0.05) is 25.8 Å². The van der Waals surface area contributed by atoms with Gasteiger partial charge in [-0.1, -0.05) is 0 Å². The molecule has 2 N–H and O–H groups in total. The van der Waals surface area contributed by atoms with Crippen molar-refractivity contribution in [2.75, 3.05) is 20.3 Å². The molecule has 2 aromatic rings. The molecule has 2 atom stereocenters. The number of hydrogen-bond donors (Lipinski definition) is 1. The molecule has 0 radical (unpaired) electrons. The molecule has 2 aromatic heterocycles. The molecule has 0 spiro atoms. The van der Waals surface area contributed by atoms with E-state index in [0.717, 1.165) is 19.4 Å². The maximum Gasteiger partial charge on any atom is 0.400 e. The van der Waals surface area contributed by atoms with Gasteiger partial charge in [0.2, 0.25) is 11.8 Å². The van der Waals surface area contributed by atoms with Crippen LogP contribution in [0.15, 0.2) is 6.20 Å². The Morgan fingerprint density at radius 1 is 1.26 bits per heavy atom. The van der Waals surface area contributed by atoms with Gasteiger partial charge in [0.05, 0.1) is 29.3 Å². The van der Waals surface area contributed by atoms with Gasteiger partial charge in [0.25, 0.3) is 0 Å². The number of rotatable bonds is 6. The maximum atomic E-state index is 13.5. The lowest BCUT2D eigenvalue weighted by molar-refractivity contribution is -0.182. The lowest BCUT2D eigenvalue weighted by atomic mass is 9.90. The topological polar surface area (TPSA) is 111 Å². The highest BCUT2D eigenvalue weighted by molar-refractivity contribution is 7.15. The zero-order chi connectivity index (χ0) is 24.8. The number of aromatic nitrogens is 3. The highest BCUT2D eigenvalue weighted by Gasteiger charge is 2.51. The van der Waals surface area contributed by atoms with Crippen LogP contribution in [0.3, 0.4) is 0 Å². The van der Waals surface area contributed by atoms with Crippen molar-refractivity contribution in [3.63, 3.8) is 0 Å². The fourth-order valence-electron chi connectivity index (χ4n) is 4.44. The fraction of sp³-hybridized carbons (Fsp3) is 0.591. The highest BCUT2D eigenvalue weighted by Crippen LogP contribution is 2.42. The molecule has 0 saturated carbocycles. The molecule has 1 aliphatic carbocycles. The summed E-state index contributed by atoms with van der Waals surface area (Å²) >= 11 is 1.24. The van der Waals surface area contributed by atoms with Gasteiger partial charge < -0.3 is 15.4 Å². The molecule has 4 rings (SSSR count). The largest absolute Gasteiger partial charge is 0.400 e. The standard InChI is InChI=1S/C22H26F3N5O3S/c1-21(2,22(23,24)25)20-27-9-11-4-5-13-18(16(11)29-20)34-14(28-13)8-15(31)30-7-6-12(10-33-3)17(30)19(26)32/h9,12,17H,4-8,10H2,1-3H3,(H2,26,32)/t12-,17-/m0/s1. The second-order valence-corrected chi connectivity index (χ2v) is 10.3. The van der Waals surface area contributed by atoms with Gasteiger partial charge in [-0.25, -0.2) is 15.0 Å². The van der Waals surface area contributed by atoms with Crippen LogP contribution in [0.5, 0.6) is 0 Å². The summed E-state index contributed by atoms with van der Waals surface area (Å²) in [5.74, 6) is -1.30. The van der Waals surface area contributed by atoms with E-state index in [4.69, 9.17) is 10.5 Å². The van der Waals surface area contributed by atoms with Crippen LogP contribution in [0.4, 0.5) is 13.2 Å². The molecular formula is C22H26F3N5O3S. The minimum atomic E-state index is -4.50. The van der Waals surface area contributed by atoms with Crippen molar-refractivity contribution >= 4 is 23.2 Å². The van der Waals surface area contributed by atoms with Crippen LogP contribution < -0.4 is 5.73 Å². The van der Waals surface area contributed by atoms with Gasteiger partial charge in [-0.05, 0) is 38.7 Å². The second-order valence-electron chi connectivity index (χ2n) is 9.19. The number of alkyl halides is 3. The summed E-state index contributed by atoms with van der Waals surface area (Å²) in [4.78, 5) is 40.0. The Labute approximate surface area is 198 Å².